The van der Waals surface area contributed by atoms with E-state index in [1.54, 1.807) is 15.9 Å². The van der Waals surface area contributed by atoms with Crippen molar-refractivity contribution in [2.45, 2.75) is 31.8 Å². The number of piperidine rings is 1. The predicted octanol–water partition coefficient (Wildman–Crippen LogP) is 3.18. The van der Waals surface area contributed by atoms with Crippen LogP contribution in [-0.2, 0) is 4.79 Å². The summed E-state index contributed by atoms with van der Waals surface area (Å²) in [5.41, 5.74) is 0.151. The summed E-state index contributed by atoms with van der Waals surface area (Å²) in [5, 5.41) is 0. The molecule has 1 spiro atoms. The van der Waals surface area contributed by atoms with Crippen molar-refractivity contribution in [1.29, 1.82) is 0 Å². The standard InChI is InChI=1S/C29H33F2N5O3/c1-4-22(37)34-11-12-36-19(14-34)15-39-26-23(28(36)38)27(32-25(24(26)31)20-7-5-6-8-21(20)30)35-10-9-29(13-18(35)2)16-33(3)17-29/h4-8,18-19H,1,9-17H2,2-3H3/t18-,19?/m0/s1. The molecule has 0 aliphatic carbocycles. The van der Waals surface area contributed by atoms with E-state index in [9.17, 15) is 14.0 Å². The van der Waals surface area contributed by atoms with Crippen molar-refractivity contribution in [2.75, 3.05) is 57.8 Å². The van der Waals surface area contributed by atoms with Gasteiger partial charge in [0.2, 0.25) is 5.91 Å². The Balaban J connectivity index is 1.44. The molecule has 39 heavy (non-hydrogen) atoms. The maximum atomic E-state index is 16.2. The van der Waals surface area contributed by atoms with E-state index in [4.69, 9.17) is 4.74 Å². The second-order valence-electron chi connectivity index (χ2n) is 11.4. The fraction of sp³-hybridized carbons (Fsp3) is 0.483. The molecule has 0 saturated carbocycles. The summed E-state index contributed by atoms with van der Waals surface area (Å²) in [7, 11) is 2.11. The third kappa shape index (κ3) is 4.25. The SMILES string of the molecule is C=CC(=O)N1CCN2C(=O)c3c(N4CCC5(C[C@@H]4C)CN(C)C5)nc(-c4ccccc4F)c(F)c3OCC2C1. The van der Waals surface area contributed by atoms with Gasteiger partial charge in [-0.25, -0.2) is 13.8 Å². The van der Waals surface area contributed by atoms with Gasteiger partial charge < -0.3 is 24.3 Å². The van der Waals surface area contributed by atoms with Gasteiger partial charge in [-0.15, -0.1) is 0 Å². The van der Waals surface area contributed by atoms with Gasteiger partial charge in [-0.05, 0) is 50.4 Å². The number of aromatic nitrogens is 1. The number of fused-ring (bicyclic) bond motifs is 2. The summed E-state index contributed by atoms with van der Waals surface area (Å²) in [5.74, 6) is -1.93. The quantitative estimate of drug-likeness (QED) is 0.561. The molecule has 2 aromatic rings. The molecule has 4 aliphatic heterocycles. The number of hydrogen-bond donors (Lipinski definition) is 0. The number of nitrogens with zero attached hydrogens (tertiary/aromatic N) is 5. The fourth-order valence-corrected chi connectivity index (χ4v) is 6.93. The Labute approximate surface area is 226 Å². The number of carbonyl (C=O) groups excluding carboxylic acids is 2. The van der Waals surface area contributed by atoms with Crippen molar-refractivity contribution in [1.82, 2.24) is 19.7 Å². The summed E-state index contributed by atoms with van der Waals surface area (Å²) >= 11 is 0. The summed E-state index contributed by atoms with van der Waals surface area (Å²) in [6.07, 6.45) is 3.08. The van der Waals surface area contributed by atoms with Crippen molar-refractivity contribution >= 4 is 17.6 Å². The fourth-order valence-electron chi connectivity index (χ4n) is 6.93. The molecule has 3 saturated heterocycles. The van der Waals surface area contributed by atoms with E-state index >= 15 is 4.39 Å². The lowest BCUT2D eigenvalue weighted by atomic mass is 9.70. The van der Waals surface area contributed by atoms with Crippen molar-refractivity contribution in [3.63, 3.8) is 0 Å². The van der Waals surface area contributed by atoms with Crippen LogP contribution in [-0.4, -0.2) is 96.5 Å². The Bertz CT molecular complexity index is 1340. The molecule has 206 valence electrons. The maximum Gasteiger partial charge on any atom is 0.262 e. The predicted molar refractivity (Wildman–Crippen MR) is 143 cm³/mol. The highest BCUT2D eigenvalue weighted by atomic mass is 19.1. The largest absolute Gasteiger partial charge is 0.487 e. The minimum absolute atomic E-state index is 0.00173. The zero-order valence-corrected chi connectivity index (χ0v) is 22.3. The minimum atomic E-state index is -0.854. The van der Waals surface area contributed by atoms with Crippen molar-refractivity contribution in [3.8, 4) is 17.0 Å². The highest BCUT2D eigenvalue weighted by Gasteiger charge is 2.47. The Kier molecular flexibility index (Phi) is 6.32. The van der Waals surface area contributed by atoms with Crippen LogP contribution in [0, 0.1) is 17.0 Å². The number of hydrogen-bond acceptors (Lipinski definition) is 6. The summed E-state index contributed by atoms with van der Waals surface area (Å²) in [4.78, 5) is 38.7. The molecule has 4 aliphatic rings. The van der Waals surface area contributed by atoms with Crippen LogP contribution in [0.3, 0.4) is 0 Å². The van der Waals surface area contributed by atoms with Crippen LogP contribution in [0.1, 0.15) is 30.1 Å². The molecule has 0 bridgehead atoms. The van der Waals surface area contributed by atoms with Gasteiger partial charge in [0.15, 0.2) is 11.6 Å². The molecule has 1 aromatic carbocycles. The Morgan fingerprint density at radius 2 is 1.95 bits per heavy atom. The first kappa shape index (κ1) is 25.7. The number of amides is 2. The van der Waals surface area contributed by atoms with E-state index < -0.39 is 17.7 Å². The van der Waals surface area contributed by atoms with E-state index in [0.717, 1.165) is 25.9 Å². The molecule has 0 N–H and O–H groups in total. The average molecular weight is 538 g/mol. The second-order valence-corrected chi connectivity index (χ2v) is 11.4. The minimum Gasteiger partial charge on any atom is -0.487 e. The third-order valence-corrected chi connectivity index (χ3v) is 8.69. The van der Waals surface area contributed by atoms with E-state index in [-0.39, 0.29) is 65.5 Å². The van der Waals surface area contributed by atoms with Gasteiger partial charge in [0, 0.05) is 50.9 Å². The van der Waals surface area contributed by atoms with Crippen LogP contribution >= 0.6 is 0 Å². The zero-order chi connectivity index (χ0) is 27.5. The lowest BCUT2D eigenvalue weighted by Crippen LogP contribution is -2.61. The Morgan fingerprint density at radius 3 is 2.64 bits per heavy atom. The number of likely N-dealkylation sites (tertiary alicyclic amines) is 1. The first-order valence-corrected chi connectivity index (χ1v) is 13.5. The molecule has 5 heterocycles. The van der Waals surface area contributed by atoms with Crippen molar-refractivity contribution in [3.05, 3.63) is 54.1 Å². The van der Waals surface area contributed by atoms with E-state index in [1.807, 2.05) is 0 Å². The maximum absolute atomic E-state index is 16.2. The number of piperazine rings is 1. The number of anilines is 1. The number of rotatable bonds is 3. The summed E-state index contributed by atoms with van der Waals surface area (Å²) in [6.45, 7) is 9.25. The first-order valence-electron chi connectivity index (χ1n) is 13.5. The Hall–Kier alpha value is -3.53. The Morgan fingerprint density at radius 1 is 1.18 bits per heavy atom. The average Bonchev–Trinajstić information content (AvgIpc) is 3.05. The third-order valence-electron chi connectivity index (χ3n) is 8.69. The van der Waals surface area contributed by atoms with Crippen LogP contribution in [0.15, 0.2) is 36.9 Å². The van der Waals surface area contributed by atoms with Gasteiger partial charge in [-0.1, -0.05) is 18.7 Å². The van der Waals surface area contributed by atoms with Crippen LogP contribution in [0.5, 0.6) is 5.75 Å². The van der Waals surface area contributed by atoms with E-state index in [2.05, 4.69) is 35.3 Å². The number of carbonyl (C=O) groups is 2. The molecule has 3 fully saturated rings. The monoisotopic (exact) mass is 537 g/mol. The van der Waals surface area contributed by atoms with Crippen LogP contribution < -0.4 is 9.64 Å². The number of pyridine rings is 1. The number of benzene rings is 1. The first-order chi connectivity index (χ1) is 18.7. The molecule has 0 radical (unpaired) electrons. The molecular formula is C29H33F2N5O3. The van der Waals surface area contributed by atoms with Gasteiger partial charge in [-0.2, -0.15) is 0 Å². The summed E-state index contributed by atoms with van der Waals surface area (Å²) in [6, 6.07) is 5.49. The molecule has 10 heteroatoms. The zero-order valence-electron chi connectivity index (χ0n) is 22.3. The smallest absolute Gasteiger partial charge is 0.262 e. The normalized spacial score (nSPS) is 24.4. The van der Waals surface area contributed by atoms with Crippen LogP contribution in [0.2, 0.25) is 0 Å². The topological polar surface area (TPSA) is 69.2 Å². The second kappa shape index (κ2) is 9.59. The lowest BCUT2D eigenvalue weighted by molar-refractivity contribution is -0.128. The van der Waals surface area contributed by atoms with Crippen LogP contribution in [0.25, 0.3) is 11.3 Å². The van der Waals surface area contributed by atoms with Crippen LogP contribution in [0.4, 0.5) is 14.6 Å². The number of halogens is 2. The molecule has 2 amide bonds. The van der Waals surface area contributed by atoms with Gasteiger partial charge in [0.1, 0.15) is 29.5 Å². The summed E-state index contributed by atoms with van der Waals surface area (Å²) < 4.78 is 37.1. The van der Waals surface area contributed by atoms with E-state index in [1.165, 1.54) is 24.3 Å². The number of ether oxygens (including phenoxy) is 1. The van der Waals surface area contributed by atoms with Gasteiger partial charge >= 0.3 is 0 Å². The molecular weight excluding hydrogens is 504 g/mol. The van der Waals surface area contributed by atoms with Crippen molar-refractivity contribution < 1.29 is 23.1 Å². The van der Waals surface area contributed by atoms with Gasteiger partial charge in [-0.3, -0.25) is 9.59 Å². The highest BCUT2D eigenvalue weighted by molar-refractivity contribution is 6.03. The van der Waals surface area contributed by atoms with Crippen molar-refractivity contribution in [2.24, 2.45) is 5.41 Å². The molecule has 2 atom stereocenters. The van der Waals surface area contributed by atoms with Gasteiger partial charge in [0.25, 0.3) is 5.91 Å². The highest BCUT2D eigenvalue weighted by Crippen LogP contribution is 2.46. The van der Waals surface area contributed by atoms with E-state index in [0.29, 0.717) is 18.9 Å². The molecule has 8 nitrogen and oxygen atoms in total. The molecule has 6 rings (SSSR count). The lowest BCUT2D eigenvalue weighted by Gasteiger charge is -2.55. The molecule has 1 unspecified atom stereocenters. The molecule has 1 aromatic heterocycles. The van der Waals surface area contributed by atoms with Gasteiger partial charge in [0.05, 0.1) is 6.04 Å².